The van der Waals surface area contributed by atoms with Gasteiger partial charge in [0.25, 0.3) is 6.01 Å². The van der Waals surface area contributed by atoms with E-state index in [0.29, 0.717) is 19.2 Å². The minimum Gasteiger partial charge on any atom is -0.496 e. The van der Waals surface area contributed by atoms with Gasteiger partial charge in [0.2, 0.25) is 0 Å². The Morgan fingerprint density at radius 1 is 1.38 bits per heavy atom. The molecule has 1 aromatic heterocycles. The van der Waals surface area contributed by atoms with E-state index in [1.54, 1.807) is 14.0 Å². The molecular weight excluding hydrogens is 272 g/mol. The van der Waals surface area contributed by atoms with Gasteiger partial charge in [-0.3, -0.25) is 0 Å². The number of methoxy groups -OCH3 is 1. The number of benzene rings is 1. The highest BCUT2D eigenvalue weighted by atomic mass is 16.5. The number of oxazole rings is 1. The van der Waals surface area contributed by atoms with Crippen LogP contribution in [0.15, 0.2) is 34.9 Å². The predicted octanol–water partition coefficient (Wildman–Crippen LogP) is 2.51. The smallest absolute Gasteiger partial charge is 0.360 e. The molecule has 1 heterocycles. The molecule has 0 radical (unpaired) electrons. The molecule has 0 saturated carbocycles. The van der Waals surface area contributed by atoms with Crippen molar-refractivity contribution in [1.29, 1.82) is 0 Å². The quantitative estimate of drug-likeness (QED) is 0.790. The van der Waals surface area contributed by atoms with Crippen LogP contribution in [0.4, 0.5) is 6.01 Å². The van der Waals surface area contributed by atoms with Crippen molar-refractivity contribution < 1.29 is 18.7 Å². The number of anilines is 1. The summed E-state index contributed by atoms with van der Waals surface area (Å²) in [7, 11) is 1.64. The molecule has 0 amide bonds. The lowest BCUT2D eigenvalue weighted by atomic mass is 10.1. The van der Waals surface area contributed by atoms with E-state index in [2.05, 4.69) is 10.3 Å². The molecule has 2 rings (SSSR count). The number of hydrogen-bond donors (Lipinski definition) is 1. The highest BCUT2D eigenvalue weighted by Crippen LogP contribution is 2.18. The van der Waals surface area contributed by atoms with Crippen molar-refractivity contribution in [2.45, 2.75) is 13.3 Å². The molecule has 21 heavy (non-hydrogen) atoms. The highest BCUT2D eigenvalue weighted by Gasteiger charge is 2.12. The van der Waals surface area contributed by atoms with Crippen LogP contribution in [0, 0.1) is 0 Å². The van der Waals surface area contributed by atoms with E-state index in [1.165, 1.54) is 6.26 Å². The van der Waals surface area contributed by atoms with Crippen LogP contribution in [0.5, 0.6) is 5.75 Å². The topological polar surface area (TPSA) is 73.6 Å². The van der Waals surface area contributed by atoms with Gasteiger partial charge >= 0.3 is 5.97 Å². The lowest BCUT2D eigenvalue weighted by Gasteiger charge is -2.07. The second kappa shape index (κ2) is 7.33. The lowest BCUT2D eigenvalue weighted by molar-refractivity contribution is 0.0519. The van der Waals surface area contributed by atoms with Gasteiger partial charge in [-0.05, 0) is 25.0 Å². The van der Waals surface area contributed by atoms with Gasteiger partial charge in [-0.15, -0.1) is 0 Å². The fourth-order valence-electron chi connectivity index (χ4n) is 1.87. The average molecular weight is 290 g/mol. The van der Waals surface area contributed by atoms with E-state index in [-0.39, 0.29) is 5.69 Å². The van der Waals surface area contributed by atoms with E-state index >= 15 is 0 Å². The maximum Gasteiger partial charge on any atom is 0.360 e. The van der Waals surface area contributed by atoms with E-state index in [4.69, 9.17) is 13.9 Å². The zero-order valence-electron chi connectivity index (χ0n) is 12.1. The van der Waals surface area contributed by atoms with Crippen molar-refractivity contribution in [3.8, 4) is 5.75 Å². The Morgan fingerprint density at radius 2 is 2.19 bits per heavy atom. The Balaban J connectivity index is 1.87. The predicted molar refractivity (Wildman–Crippen MR) is 77.6 cm³/mol. The fourth-order valence-corrected chi connectivity index (χ4v) is 1.87. The molecule has 2 aromatic rings. The summed E-state index contributed by atoms with van der Waals surface area (Å²) in [6.07, 6.45) is 2.03. The van der Waals surface area contributed by atoms with Crippen molar-refractivity contribution in [2.75, 3.05) is 25.6 Å². The van der Waals surface area contributed by atoms with Crippen molar-refractivity contribution in [3.05, 3.63) is 41.8 Å². The number of para-hydroxylation sites is 1. The monoisotopic (exact) mass is 290 g/mol. The number of carbonyl (C=O) groups is 1. The van der Waals surface area contributed by atoms with Crippen LogP contribution >= 0.6 is 0 Å². The van der Waals surface area contributed by atoms with Crippen LogP contribution in [0.2, 0.25) is 0 Å². The molecule has 0 aliphatic rings. The molecular formula is C15H18N2O4. The first-order valence-electron chi connectivity index (χ1n) is 6.73. The molecule has 0 unspecified atom stereocenters. The molecule has 112 valence electrons. The largest absolute Gasteiger partial charge is 0.496 e. The Kier molecular flexibility index (Phi) is 5.20. The molecule has 1 N–H and O–H groups in total. The Bertz CT molecular complexity index is 595. The van der Waals surface area contributed by atoms with Crippen LogP contribution < -0.4 is 10.1 Å². The SMILES string of the molecule is CCOC(=O)c1coc(NCCc2ccccc2OC)n1. The summed E-state index contributed by atoms with van der Waals surface area (Å²) in [6, 6.07) is 8.10. The fraction of sp³-hybridized carbons (Fsp3) is 0.333. The molecule has 1 aromatic carbocycles. The summed E-state index contributed by atoms with van der Waals surface area (Å²) in [6.45, 7) is 2.66. The van der Waals surface area contributed by atoms with Crippen LogP contribution in [0.3, 0.4) is 0 Å². The molecule has 0 spiro atoms. The number of ether oxygens (including phenoxy) is 2. The second-order valence-corrected chi connectivity index (χ2v) is 4.25. The highest BCUT2D eigenvalue weighted by molar-refractivity contribution is 5.87. The molecule has 0 aliphatic heterocycles. The number of hydrogen-bond acceptors (Lipinski definition) is 6. The zero-order chi connectivity index (χ0) is 15.1. The van der Waals surface area contributed by atoms with Crippen LogP contribution in [-0.2, 0) is 11.2 Å². The summed E-state index contributed by atoms with van der Waals surface area (Å²) in [4.78, 5) is 15.5. The van der Waals surface area contributed by atoms with Gasteiger partial charge in [-0.2, -0.15) is 4.98 Å². The van der Waals surface area contributed by atoms with Gasteiger partial charge in [0.1, 0.15) is 12.0 Å². The van der Waals surface area contributed by atoms with Gasteiger partial charge in [0.05, 0.1) is 13.7 Å². The number of esters is 1. The standard InChI is InChI=1S/C15H18N2O4/c1-3-20-14(18)12-10-21-15(17-12)16-9-8-11-6-4-5-7-13(11)19-2/h4-7,10H,3,8-9H2,1-2H3,(H,16,17). The molecule has 0 atom stereocenters. The van der Waals surface area contributed by atoms with Gasteiger partial charge in [0, 0.05) is 6.54 Å². The molecule has 0 saturated heterocycles. The van der Waals surface area contributed by atoms with Crippen molar-refractivity contribution in [3.63, 3.8) is 0 Å². The number of carbonyl (C=O) groups excluding carboxylic acids is 1. The minimum absolute atomic E-state index is 0.164. The van der Waals surface area contributed by atoms with Crippen molar-refractivity contribution >= 4 is 12.0 Å². The first-order valence-corrected chi connectivity index (χ1v) is 6.73. The zero-order valence-corrected chi connectivity index (χ0v) is 12.1. The summed E-state index contributed by atoms with van der Waals surface area (Å²) < 4.78 is 15.3. The van der Waals surface area contributed by atoms with Crippen LogP contribution in [0.25, 0.3) is 0 Å². The molecule has 0 bridgehead atoms. The van der Waals surface area contributed by atoms with Crippen molar-refractivity contribution in [1.82, 2.24) is 4.98 Å². The minimum atomic E-state index is -0.487. The first kappa shape index (κ1) is 14.9. The van der Waals surface area contributed by atoms with Crippen molar-refractivity contribution in [2.24, 2.45) is 0 Å². The number of rotatable bonds is 7. The Hall–Kier alpha value is -2.50. The molecule has 6 heteroatoms. The van der Waals surface area contributed by atoms with E-state index < -0.39 is 5.97 Å². The van der Waals surface area contributed by atoms with Gasteiger partial charge in [-0.1, -0.05) is 18.2 Å². The van der Waals surface area contributed by atoms with Crippen LogP contribution in [-0.4, -0.2) is 31.2 Å². The van der Waals surface area contributed by atoms with E-state index in [9.17, 15) is 4.79 Å². The third-order valence-corrected chi connectivity index (χ3v) is 2.85. The van der Waals surface area contributed by atoms with Gasteiger partial charge in [-0.25, -0.2) is 4.79 Å². The summed E-state index contributed by atoms with van der Waals surface area (Å²) in [5.74, 6) is 0.359. The molecule has 6 nitrogen and oxygen atoms in total. The van der Waals surface area contributed by atoms with E-state index in [1.807, 2.05) is 24.3 Å². The summed E-state index contributed by atoms with van der Waals surface area (Å²) >= 11 is 0. The van der Waals surface area contributed by atoms with Crippen LogP contribution in [0.1, 0.15) is 23.0 Å². The third-order valence-electron chi connectivity index (χ3n) is 2.85. The maximum atomic E-state index is 11.4. The second-order valence-electron chi connectivity index (χ2n) is 4.25. The summed E-state index contributed by atoms with van der Waals surface area (Å²) in [5.41, 5.74) is 1.25. The normalized spacial score (nSPS) is 10.2. The molecule has 0 aliphatic carbocycles. The number of aromatic nitrogens is 1. The summed E-state index contributed by atoms with van der Waals surface area (Å²) in [5, 5.41) is 3.02. The van der Waals surface area contributed by atoms with Gasteiger partial charge in [0.15, 0.2) is 5.69 Å². The first-order chi connectivity index (χ1) is 10.2. The lowest BCUT2D eigenvalue weighted by Crippen LogP contribution is -2.08. The molecule has 0 fully saturated rings. The Labute approximate surface area is 123 Å². The number of nitrogens with one attached hydrogen (secondary N) is 1. The Morgan fingerprint density at radius 3 is 2.95 bits per heavy atom. The third kappa shape index (κ3) is 3.98. The average Bonchev–Trinajstić information content (AvgIpc) is 2.97. The van der Waals surface area contributed by atoms with Gasteiger partial charge < -0.3 is 19.2 Å². The van der Waals surface area contributed by atoms with E-state index in [0.717, 1.165) is 17.7 Å². The maximum absolute atomic E-state index is 11.4. The number of nitrogens with zero attached hydrogens (tertiary/aromatic N) is 1.